The van der Waals surface area contributed by atoms with E-state index in [2.05, 4.69) is 0 Å². The van der Waals surface area contributed by atoms with Crippen LogP contribution in [-0.4, -0.2) is 53.0 Å². The maximum atomic E-state index is 12.6. The first-order chi connectivity index (χ1) is 11.5. The minimum absolute atomic E-state index is 0. The average Bonchev–Trinajstić information content (AvgIpc) is 2.98. The fourth-order valence-corrected chi connectivity index (χ4v) is 3.42. The van der Waals surface area contributed by atoms with Gasteiger partial charge in [0.15, 0.2) is 0 Å². The van der Waals surface area contributed by atoms with Gasteiger partial charge in [-0.05, 0) is 31.4 Å². The smallest absolute Gasteiger partial charge is 0.307 e. The van der Waals surface area contributed by atoms with Crippen LogP contribution in [0.1, 0.15) is 18.4 Å². The second-order valence-electron chi connectivity index (χ2n) is 6.28. The molecule has 0 spiro atoms. The number of benzene rings is 1. The number of carbonyl (C=O) groups is 2. The van der Waals surface area contributed by atoms with Gasteiger partial charge in [-0.1, -0.05) is 6.07 Å². The van der Waals surface area contributed by atoms with E-state index >= 15 is 0 Å². The zero-order chi connectivity index (χ0) is 17.3. The van der Waals surface area contributed by atoms with Gasteiger partial charge in [-0.15, -0.1) is 12.4 Å². The maximum absolute atomic E-state index is 12.6. The summed E-state index contributed by atoms with van der Waals surface area (Å²) in [4.78, 5) is 37.6. The molecule has 1 saturated heterocycles. The van der Waals surface area contributed by atoms with E-state index in [1.54, 1.807) is 11.0 Å². The first-order valence-corrected chi connectivity index (χ1v) is 7.98. The Kier molecular flexibility index (Phi) is 5.97. The summed E-state index contributed by atoms with van der Waals surface area (Å²) in [5.41, 5.74) is 1.49. The number of carboxylic acids is 1. The number of amides is 1. The van der Waals surface area contributed by atoms with Crippen LogP contribution in [0.2, 0.25) is 0 Å². The van der Waals surface area contributed by atoms with Gasteiger partial charge in [0.1, 0.15) is 0 Å². The molecule has 0 saturated carbocycles. The normalized spacial score (nSPS) is 19.8. The number of nitro groups is 1. The van der Waals surface area contributed by atoms with Crippen LogP contribution in [-0.2, 0) is 16.0 Å². The summed E-state index contributed by atoms with van der Waals surface area (Å²) in [5.74, 6) is -1.40. The molecule has 25 heavy (non-hydrogen) atoms. The average molecular weight is 370 g/mol. The Bertz CT molecular complexity index is 696. The summed E-state index contributed by atoms with van der Waals surface area (Å²) in [6.45, 7) is 1.72. The summed E-state index contributed by atoms with van der Waals surface area (Å²) in [7, 11) is 0. The number of rotatable bonds is 4. The van der Waals surface area contributed by atoms with E-state index in [1.807, 2.05) is 4.90 Å². The Morgan fingerprint density at radius 3 is 2.76 bits per heavy atom. The lowest BCUT2D eigenvalue weighted by Gasteiger charge is -2.31. The van der Waals surface area contributed by atoms with Crippen molar-refractivity contribution in [2.24, 2.45) is 5.92 Å². The molecule has 2 aliphatic rings. The largest absolute Gasteiger partial charge is 0.481 e. The number of aliphatic carboxylic acids is 1. The number of piperidine rings is 1. The number of fused-ring (bicyclic) bond motifs is 1. The molecule has 9 heteroatoms. The summed E-state index contributed by atoms with van der Waals surface area (Å²) < 4.78 is 0. The second-order valence-corrected chi connectivity index (χ2v) is 6.28. The number of non-ortho nitro benzene ring substituents is 1. The van der Waals surface area contributed by atoms with Crippen molar-refractivity contribution in [3.8, 4) is 0 Å². The van der Waals surface area contributed by atoms with Crippen LogP contribution >= 0.6 is 12.4 Å². The summed E-state index contributed by atoms with van der Waals surface area (Å²) >= 11 is 0. The van der Waals surface area contributed by atoms with E-state index in [1.165, 1.54) is 12.1 Å². The van der Waals surface area contributed by atoms with Crippen LogP contribution in [0.25, 0.3) is 0 Å². The first kappa shape index (κ1) is 19.1. The van der Waals surface area contributed by atoms with E-state index in [0.717, 1.165) is 12.0 Å². The highest BCUT2D eigenvalue weighted by atomic mass is 35.5. The summed E-state index contributed by atoms with van der Waals surface area (Å²) in [6, 6.07) is 4.59. The van der Waals surface area contributed by atoms with Crippen LogP contribution in [0.3, 0.4) is 0 Å². The van der Waals surface area contributed by atoms with Crippen LogP contribution in [0, 0.1) is 16.0 Å². The maximum Gasteiger partial charge on any atom is 0.307 e. The highest BCUT2D eigenvalue weighted by Crippen LogP contribution is 2.32. The minimum atomic E-state index is -0.825. The van der Waals surface area contributed by atoms with Gasteiger partial charge < -0.3 is 10.0 Å². The molecule has 0 aliphatic carbocycles. The van der Waals surface area contributed by atoms with Crippen LogP contribution in [0.5, 0.6) is 0 Å². The van der Waals surface area contributed by atoms with Crippen LogP contribution < -0.4 is 4.90 Å². The standard InChI is InChI=1S/C16H19N3O5.ClH/c20-15(10-17-6-1-2-12(9-17)16(21)22)18-7-5-11-3-4-13(19(23)24)8-14(11)18;/h3-4,8,12H,1-2,5-7,9-10H2,(H,21,22);1H. The number of halogens is 1. The van der Waals surface area contributed by atoms with Crippen molar-refractivity contribution in [1.82, 2.24) is 4.90 Å². The number of anilines is 1. The second kappa shape index (κ2) is 7.79. The Labute approximate surface area is 151 Å². The lowest BCUT2D eigenvalue weighted by Crippen LogP contribution is -2.45. The van der Waals surface area contributed by atoms with Crippen molar-refractivity contribution in [3.05, 3.63) is 33.9 Å². The Morgan fingerprint density at radius 2 is 2.08 bits per heavy atom. The van der Waals surface area contributed by atoms with Crippen LogP contribution in [0.15, 0.2) is 18.2 Å². The van der Waals surface area contributed by atoms with E-state index < -0.39 is 16.8 Å². The van der Waals surface area contributed by atoms with Crippen molar-refractivity contribution in [2.75, 3.05) is 31.1 Å². The van der Waals surface area contributed by atoms with Gasteiger partial charge in [-0.3, -0.25) is 24.6 Å². The molecule has 1 N–H and O–H groups in total. The third kappa shape index (κ3) is 4.08. The topological polar surface area (TPSA) is 104 Å². The van der Waals surface area contributed by atoms with Gasteiger partial charge in [0, 0.05) is 25.2 Å². The molecule has 1 unspecified atom stereocenters. The molecule has 2 heterocycles. The Morgan fingerprint density at radius 1 is 1.32 bits per heavy atom. The summed E-state index contributed by atoms with van der Waals surface area (Å²) in [5, 5.41) is 20.1. The van der Waals surface area contributed by atoms with Gasteiger partial charge in [0.05, 0.1) is 23.1 Å². The number of carbonyl (C=O) groups excluding carboxylic acids is 1. The number of nitrogens with zero attached hydrogens (tertiary/aromatic N) is 3. The van der Waals surface area contributed by atoms with Gasteiger partial charge in [0.25, 0.3) is 5.69 Å². The number of likely N-dealkylation sites (tertiary alicyclic amines) is 1. The predicted octanol–water partition coefficient (Wildman–Crippen LogP) is 1.70. The third-order valence-electron chi connectivity index (χ3n) is 4.69. The molecule has 1 amide bonds. The third-order valence-corrected chi connectivity index (χ3v) is 4.69. The predicted molar refractivity (Wildman–Crippen MR) is 93.2 cm³/mol. The molecule has 1 aromatic carbocycles. The molecule has 1 aromatic rings. The summed E-state index contributed by atoms with van der Waals surface area (Å²) in [6.07, 6.45) is 2.07. The van der Waals surface area contributed by atoms with Crippen molar-refractivity contribution in [2.45, 2.75) is 19.3 Å². The monoisotopic (exact) mass is 369 g/mol. The lowest BCUT2D eigenvalue weighted by molar-refractivity contribution is -0.384. The number of hydrogen-bond donors (Lipinski definition) is 1. The molecule has 0 aromatic heterocycles. The van der Waals surface area contributed by atoms with Gasteiger partial charge >= 0.3 is 5.97 Å². The molecule has 2 aliphatic heterocycles. The quantitative estimate of drug-likeness (QED) is 0.640. The van der Waals surface area contributed by atoms with Crippen molar-refractivity contribution >= 4 is 35.7 Å². The zero-order valence-corrected chi connectivity index (χ0v) is 14.4. The molecule has 1 atom stereocenters. The van der Waals surface area contributed by atoms with E-state index in [0.29, 0.717) is 38.2 Å². The van der Waals surface area contributed by atoms with Gasteiger partial charge in [-0.2, -0.15) is 0 Å². The van der Waals surface area contributed by atoms with Crippen molar-refractivity contribution in [3.63, 3.8) is 0 Å². The lowest BCUT2D eigenvalue weighted by atomic mass is 9.98. The fourth-order valence-electron chi connectivity index (χ4n) is 3.42. The molecule has 0 bridgehead atoms. The highest BCUT2D eigenvalue weighted by Gasteiger charge is 2.30. The van der Waals surface area contributed by atoms with Crippen molar-refractivity contribution < 1.29 is 19.6 Å². The van der Waals surface area contributed by atoms with E-state index in [9.17, 15) is 19.7 Å². The van der Waals surface area contributed by atoms with Gasteiger partial charge in [0.2, 0.25) is 5.91 Å². The van der Waals surface area contributed by atoms with Gasteiger partial charge in [-0.25, -0.2) is 0 Å². The Hall–Kier alpha value is -2.19. The SMILES string of the molecule is Cl.O=C(O)C1CCCN(CC(=O)N2CCc3ccc([N+](=O)[O-])cc32)C1. The van der Waals surface area contributed by atoms with Crippen LogP contribution in [0.4, 0.5) is 11.4 Å². The number of hydrogen-bond acceptors (Lipinski definition) is 5. The molecule has 3 rings (SSSR count). The molecular formula is C16H20ClN3O5. The first-order valence-electron chi connectivity index (χ1n) is 7.98. The minimum Gasteiger partial charge on any atom is -0.481 e. The van der Waals surface area contributed by atoms with E-state index in [-0.39, 0.29) is 30.5 Å². The fraction of sp³-hybridized carbons (Fsp3) is 0.500. The molecule has 0 radical (unpaired) electrons. The van der Waals surface area contributed by atoms with E-state index in [4.69, 9.17) is 5.11 Å². The highest BCUT2D eigenvalue weighted by molar-refractivity contribution is 5.97. The molecule has 1 fully saturated rings. The molecule has 136 valence electrons. The Balaban J connectivity index is 0.00000225. The zero-order valence-electron chi connectivity index (χ0n) is 13.6. The molecule has 8 nitrogen and oxygen atoms in total. The van der Waals surface area contributed by atoms with Crippen molar-refractivity contribution in [1.29, 1.82) is 0 Å². The molecular weight excluding hydrogens is 350 g/mol. The number of nitro benzene ring substituents is 1. The number of carboxylic acid groups (broad SMARTS) is 1.